The summed E-state index contributed by atoms with van der Waals surface area (Å²) in [6, 6.07) is 0.237. The van der Waals surface area contributed by atoms with Crippen LogP contribution in [0, 0.1) is 0 Å². The molecule has 82 valence electrons. The molecule has 1 aliphatic rings. The molecule has 0 aromatic carbocycles. The third kappa shape index (κ3) is 4.07. The molecule has 2 N–H and O–H groups in total. The Hall–Kier alpha value is -0.610. The third-order valence-electron chi connectivity index (χ3n) is 2.23. The first-order valence-corrected chi connectivity index (χ1v) is 5.14. The molecule has 0 heterocycles. The summed E-state index contributed by atoms with van der Waals surface area (Å²) >= 11 is 0. The predicted molar refractivity (Wildman–Crippen MR) is 52.8 cm³/mol. The van der Waals surface area contributed by atoms with E-state index in [-0.39, 0.29) is 30.8 Å². The van der Waals surface area contributed by atoms with Crippen LogP contribution in [0.25, 0.3) is 0 Å². The van der Waals surface area contributed by atoms with Crippen LogP contribution < -0.4 is 5.73 Å². The second-order valence-corrected chi connectivity index (χ2v) is 4.04. The maximum atomic E-state index is 11.1. The second kappa shape index (κ2) is 5.32. The third-order valence-corrected chi connectivity index (χ3v) is 2.23. The summed E-state index contributed by atoms with van der Waals surface area (Å²) < 4.78 is 10.3. The number of rotatable bonds is 4. The number of ether oxygens (including phenoxy) is 2. The summed E-state index contributed by atoms with van der Waals surface area (Å²) in [5.41, 5.74) is 5.72. The molecule has 2 unspecified atom stereocenters. The van der Waals surface area contributed by atoms with Gasteiger partial charge in [0.05, 0.1) is 12.2 Å². The van der Waals surface area contributed by atoms with Gasteiger partial charge in [-0.2, -0.15) is 0 Å². The van der Waals surface area contributed by atoms with Gasteiger partial charge in [0.1, 0.15) is 6.61 Å². The lowest BCUT2D eigenvalue weighted by atomic mass is 10.3. The van der Waals surface area contributed by atoms with Crippen LogP contribution in [0.1, 0.15) is 33.1 Å². The van der Waals surface area contributed by atoms with Gasteiger partial charge in [-0.1, -0.05) is 0 Å². The van der Waals surface area contributed by atoms with Crippen LogP contribution in [-0.4, -0.2) is 30.8 Å². The first-order chi connectivity index (χ1) is 6.58. The van der Waals surface area contributed by atoms with E-state index >= 15 is 0 Å². The summed E-state index contributed by atoms with van der Waals surface area (Å²) in [6.45, 7) is 3.70. The van der Waals surface area contributed by atoms with Crippen LogP contribution in [0.3, 0.4) is 0 Å². The Labute approximate surface area is 84.7 Å². The Morgan fingerprint density at radius 1 is 1.50 bits per heavy atom. The van der Waals surface area contributed by atoms with E-state index in [9.17, 15) is 4.79 Å². The van der Waals surface area contributed by atoms with E-state index in [1.807, 2.05) is 13.8 Å². The van der Waals surface area contributed by atoms with Crippen molar-refractivity contribution in [2.45, 2.75) is 51.4 Å². The number of nitrogens with two attached hydrogens (primary N) is 1. The van der Waals surface area contributed by atoms with Gasteiger partial charge in [-0.05, 0) is 33.1 Å². The fourth-order valence-corrected chi connectivity index (χ4v) is 1.61. The van der Waals surface area contributed by atoms with Crippen molar-refractivity contribution in [3.63, 3.8) is 0 Å². The highest BCUT2D eigenvalue weighted by atomic mass is 16.6. The SMILES string of the molecule is CC(C)OC(=O)COC1CCC(N)C1. The van der Waals surface area contributed by atoms with Crippen LogP contribution in [0.2, 0.25) is 0 Å². The summed E-state index contributed by atoms with van der Waals surface area (Å²) in [7, 11) is 0. The normalized spacial score (nSPS) is 26.9. The van der Waals surface area contributed by atoms with E-state index in [1.54, 1.807) is 0 Å². The van der Waals surface area contributed by atoms with Crippen LogP contribution >= 0.6 is 0 Å². The zero-order valence-corrected chi connectivity index (χ0v) is 8.86. The number of carbonyl (C=O) groups excluding carboxylic acids is 1. The molecular weight excluding hydrogens is 182 g/mol. The smallest absolute Gasteiger partial charge is 0.332 e. The minimum atomic E-state index is -0.291. The highest BCUT2D eigenvalue weighted by Gasteiger charge is 2.23. The number of hydrogen-bond acceptors (Lipinski definition) is 4. The molecule has 1 rings (SSSR count). The molecule has 0 bridgehead atoms. The summed E-state index contributed by atoms with van der Waals surface area (Å²) in [6.07, 6.45) is 2.87. The van der Waals surface area contributed by atoms with E-state index in [1.165, 1.54) is 0 Å². The highest BCUT2D eigenvalue weighted by molar-refractivity contribution is 5.70. The van der Waals surface area contributed by atoms with Crippen molar-refractivity contribution in [3.8, 4) is 0 Å². The van der Waals surface area contributed by atoms with Gasteiger partial charge in [0.15, 0.2) is 0 Å². The zero-order chi connectivity index (χ0) is 10.6. The minimum absolute atomic E-state index is 0.0512. The Balaban J connectivity index is 2.11. The van der Waals surface area contributed by atoms with Gasteiger partial charge in [0, 0.05) is 6.04 Å². The molecule has 0 aromatic rings. The van der Waals surface area contributed by atoms with Crippen LogP contribution in [0.4, 0.5) is 0 Å². The van der Waals surface area contributed by atoms with Gasteiger partial charge in [0.25, 0.3) is 0 Å². The number of carbonyl (C=O) groups is 1. The molecule has 1 aliphatic carbocycles. The minimum Gasteiger partial charge on any atom is -0.461 e. The summed E-state index contributed by atoms with van der Waals surface area (Å²) in [5, 5.41) is 0. The van der Waals surface area contributed by atoms with E-state index in [0.29, 0.717) is 0 Å². The molecule has 0 amide bonds. The molecule has 4 nitrogen and oxygen atoms in total. The fourth-order valence-electron chi connectivity index (χ4n) is 1.61. The van der Waals surface area contributed by atoms with Crippen molar-refractivity contribution >= 4 is 5.97 Å². The lowest BCUT2D eigenvalue weighted by Crippen LogP contribution is -2.22. The summed E-state index contributed by atoms with van der Waals surface area (Å²) in [5.74, 6) is -0.291. The number of esters is 1. The van der Waals surface area contributed by atoms with E-state index in [4.69, 9.17) is 15.2 Å². The lowest BCUT2D eigenvalue weighted by molar-refractivity contribution is -0.154. The van der Waals surface area contributed by atoms with Crippen molar-refractivity contribution in [3.05, 3.63) is 0 Å². The topological polar surface area (TPSA) is 61.5 Å². The molecule has 0 aromatic heterocycles. The Kier molecular flexibility index (Phi) is 4.35. The molecule has 0 radical (unpaired) electrons. The van der Waals surface area contributed by atoms with Crippen molar-refractivity contribution < 1.29 is 14.3 Å². The molecule has 1 saturated carbocycles. The van der Waals surface area contributed by atoms with Crippen molar-refractivity contribution in [2.75, 3.05) is 6.61 Å². The van der Waals surface area contributed by atoms with E-state index in [0.717, 1.165) is 19.3 Å². The number of hydrogen-bond donors (Lipinski definition) is 1. The van der Waals surface area contributed by atoms with Crippen molar-refractivity contribution in [1.29, 1.82) is 0 Å². The van der Waals surface area contributed by atoms with Gasteiger partial charge in [-0.15, -0.1) is 0 Å². The second-order valence-electron chi connectivity index (χ2n) is 4.04. The Morgan fingerprint density at radius 3 is 2.71 bits per heavy atom. The van der Waals surface area contributed by atoms with Gasteiger partial charge in [-0.25, -0.2) is 4.79 Å². The van der Waals surface area contributed by atoms with Crippen LogP contribution in [0.5, 0.6) is 0 Å². The molecule has 4 heteroatoms. The van der Waals surface area contributed by atoms with Crippen LogP contribution in [0.15, 0.2) is 0 Å². The van der Waals surface area contributed by atoms with E-state index < -0.39 is 0 Å². The standard InChI is InChI=1S/C10H19NO3/c1-7(2)14-10(12)6-13-9-4-3-8(11)5-9/h7-9H,3-6,11H2,1-2H3. The maximum Gasteiger partial charge on any atom is 0.332 e. The fraction of sp³-hybridized carbons (Fsp3) is 0.900. The van der Waals surface area contributed by atoms with Crippen LogP contribution in [-0.2, 0) is 14.3 Å². The average Bonchev–Trinajstić information content (AvgIpc) is 2.47. The molecule has 0 spiro atoms. The Morgan fingerprint density at radius 2 is 2.21 bits per heavy atom. The van der Waals surface area contributed by atoms with Gasteiger partial charge in [0.2, 0.25) is 0 Å². The first kappa shape index (κ1) is 11.5. The largest absolute Gasteiger partial charge is 0.461 e. The Bertz CT molecular complexity index is 194. The van der Waals surface area contributed by atoms with Gasteiger partial charge in [-0.3, -0.25) is 0 Å². The molecule has 2 atom stereocenters. The molecule has 14 heavy (non-hydrogen) atoms. The quantitative estimate of drug-likeness (QED) is 0.684. The monoisotopic (exact) mass is 201 g/mol. The average molecular weight is 201 g/mol. The maximum absolute atomic E-state index is 11.1. The zero-order valence-electron chi connectivity index (χ0n) is 8.86. The van der Waals surface area contributed by atoms with Crippen molar-refractivity contribution in [1.82, 2.24) is 0 Å². The molecule has 1 fully saturated rings. The molecule has 0 aliphatic heterocycles. The predicted octanol–water partition coefficient (Wildman–Crippen LogP) is 0.834. The van der Waals surface area contributed by atoms with Gasteiger partial charge >= 0.3 is 5.97 Å². The summed E-state index contributed by atoms with van der Waals surface area (Å²) in [4.78, 5) is 11.1. The molecule has 0 saturated heterocycles. The van der Waals surface area contributed by atoms with Gasteiger partial charge < -0.3 is 15.2 Å². The first-order valence-electron chi connectivity index (χ1n) is 5.14. The highest BCUT2D eigenvalue weighted by Crippen LogP contribution is 2.20. The van der Waals surface area contributed by atoms with E-state index in [2.05, 4.69) is 0 Å². The molecular formula is C10H19NO3. The van der Waals surface area contributed by atoms with Crippen molar-refractivity contribution in [2.24, 2.45) is 5.73 Å². The lowest BCUT2D eigenvalue weighted by Gasteiger charge is -2.12.